The molecule has 0 radical (unpaired) electrons. The van der Waals surface area contributed by atoms with E-state index in [-0.39, 0.29) is 23.2 Å². The lowest BCUT2D eigenvalue weighted by Crippen LogP contribution is -2.39. The molecule has 3 aromatic rings. The van der Waals surface area contributed by atoms with Crippen LogP contribution < -0.4 is 5.56 Å². The van der Waals surface area contributed by atoms with Gasteiger partial charge >= 0.3 is 0 Å². The molecule has 3 heterocycles. The number of hydrogen-bond donors (Lipinski definition) is 1. The Kier molecular flexibility index (Phi) is 7.71. The van der Waals surface area contributed by atoms with Crippen molar-refractivity contribution in [3.63, 3.8) is 0 Å². The molecule has 1 saturated heterocycles. The molecule has 4 rings (SSSR count). The molecule has 8 heteroatoms. The summed E-state index contributed by atoms with van der Waals surface area (Å²) in [6.45, 7) is 14.9. The Labute approximate surface area is 208 Å². The van der Waals surface area contributed by atoms with E-state index in [2.05, 4.69) is 79.1 Å². The summed E-state index contributed by atoms with van der Waals surface area (Å²) < 4.78 is 8.01. The summed E-state index contributed by atoms with van der Waals surface area (Å²) in [6, 6.07) is 6.24. The third-order valence-electron chi connectivity index (χ3n) is 7.60. The molecule has 0 spiro atoms. The van der Waals surface area contributed by atoms with Crippen LogP contribution in [0.4, 0.5) is 0 Å². The molecule has 35 heavy (non-hydrogen) atoms. The van der Waals surface area contributed by atoms with E-state index in [1.807, 2.05) is 10.7 Å². The van der Waals surface area contributed by atoms with Gasteiger partial charge in [-0.05, 0) is 98.5 Å². The zero-order valence-corrected chi connectivity index (χ0v) is 22.1. The van der Waals surface area contributed by atoms with Crippen LogP contribution in [0.1, 0.15) is 88.4 Å². The van der Waals surface area contributed by atoms with Gasteiger partial charge in [0.2, 0.25) is 0 Å². The van der Waals surface area contributed by atoms with Gasteiger partial charge in [-0.2, -0.15) is 0 Å². The minimum Gasteiger partial charge on any atom is -0.377 e. The zero-order valence-electron chi connectivity index (χ0n) is 22.1. The Morgan fingerprint density at radius 1 is 1.23 bits per heavy atom. The van der Waals surface area contributed by atoms with E-state index >= 15 is 0 Å². The lowest BCUT2D eigenvalue weighted by molar-refractivity contribution is 0.0462. The van der Waals surface area contributed by atoms with Gasteiger partial charge < -0.3 is 9.72 Å². The summed E-state index contributed by atoms with van der Waals surface area (Å²) in [5.41, 5.74) is 3.79. The minimum absolute atomic E-state index is 0.0140. The van der Waals surface area contributed by atoms with E-state index in [1.54, 1.807) is 0 Å². The Balaban J connectivity index is 1.75. The molecule has 0 aliphatic carbocycles. The third-order valence-corrected chi connectivity index (χ3v) is 7.60. The summed E-state index contributed by atoms with van der Waals surface area (Å²) in [5.74, 6) is 0.861. The van der Waals surface area contributed by atoms with Crippen molar-refractivity contribution in [2.45, 2.75) is 97.9 Å². The Morgan fingerprint density at radius 2 is 2.00 bits per heavy atom. The Hall–Kier alpha value is -2.58. The highest BCUT2D eigenvalue weighted by Gasteiger charge is 2.33. The minimum atomic E-state index is -0.198. The molecule has 0 saturated carbocycles. The number of aromatic nitrogens is 5. The standard InChI is InChI=1S/C27H40N6O2/c1-7-10-24(25-29-30-31-33(25)27(5,6)8-2)32(17-22-11-9-12-35-22)16-21-15-20-13-18(3)19(4)14-23(20)28-26(21)34/h13-15,22,24H,7-12,16-17H2,1-6H3,(H,28,34)/t22-,24+/m0/s1. The number of aromatic amines is 1. The number of tetrazole rings is 1. The monoisotopic (exact) mass is 480 g/mol. The molecule has 190 valence electrons. The number of ether oxygens (including phenoxy) is 1. The second-order valence-corrected chi connectivity index (χ2v) is 10.6. The predicted octanol–water partition coefficient (Wildman–Crippen LogP) is 4.80. The number of H-pyrrole nitrogens is 1. The van der Waals surface area contributed by atoms with E-state index in [9.17, 15) is 4.79 Å². The average Bonchev–Trinajstić information content (AvgIpc) is 3.51. The van der Waals surface area contributed by atoms with Crippen LogP contribution in [-0.2, 0) is 16.8 Å². The zero-order chi connectivity index (χ0) is 25.2. The van der Waals surface area contributed by atoms with Crippen LogP contribution in [-0.4, -0.2) is 49.3 Å². The molecule has 8 nitrogen and oxygen atoms in total. The Bertz CT molecular complexity index is 1210. The van der Waals surface area contributed by atoms with Crippen LogP contribution in [0, 0.1) is 13.8 Å². The van der Waals surface area contributed by atoms with Gasteiger partial charge in [0.15, 0.2) is 5.82 Å². The first-order chi connectivity index (χ1) is 16.7. The fourth-order valence-corrected chi connectivity index (χ4v) is 4.94. The van der Waals surface area contributed by atoms with Crippen molar-refractivity contribution < 1.29 is 4.74 Å². The molecule has 0 amide bonds. The molecule has 1 aromatic carbocycles. The summed E-state index contributed by atoms with van der Waals surface area (Å²) >= 11 is 0. The smallest absolute Gasteiger partial charge is 0.252 e. The highest BCUT2D eigenvalue weighted by molar-refractivity contribution is 5.80. The van der Waals surface area contributed by atoms with Gasteiger partial charge in [0, 0.05) is 30.8 Å². The SMILES string of the molecule is CCC[C@H](c1nnnn1C(C)(C)CC)N(Cc1cc2cc(C)c(C)cc2[nH]c1=O)C[C@@H]1CCCO1. The van der Waals surface area contributed by atoms with E-state index < -0.39 is 0 Å². The van der Waals surface area contributed by atoms with Gasteiger partial charge in [-0.25, -0.2) is 4.68 Å². The molecule has 0 bridgehead atoms. The Morgan fingerprint density at radius 3 is 2.69 bits per heavy atom. The van der Waals surface area contributed by atoms with Gasteiger partial charge in [0.1, 0.15) is 0 Å². The summed E-state index contributed by atoms with van der Waals surface area (Å²) in [5, 5.41) is 14.0. The first kappa shape index (κ1) is 25.5. The van der Waals surface area contributed by atoms with Crippen molar-refractivity contribution in [3.05, 3.63) is 51.1 Å². The molecule has 0 unspecified atom stereocenters. The lowest BCUT2D eigenvalue weighted by Gasteiger charge is -2.34. The van der Waals surface area contributed by atoms with Crippen molar-refractivity contribution >= 4 is 10.9 Å². The molecule has 1 N–H and O–H groups in total. The molecule has 2 atom stereocenters. The second kappa shape index (κ2) is 10.6. The first-order valence-electron chi connectivity index (χ1n) is 13.0. The van der Waals surface area contributed by atoms with E-state index in [0.29, 0.717) is 6.54 Å². The van der Waals surface area contributed by atoms with E-state index in [0.717, 1.165) is 67.5 Å². The van der Waals surface area contributed by atoms with Crippen LogP contribution in [0.2, 0.25) is 0 Å². The van der Waals surface area contributed by atoms with Crippen molar-refractivity contribution in [2.75, 3.05) is 13.2 Å². The second-order valence-electron chi connectivity index (χ2n) is 10.6. The van der Waals surface area contributed by atoms with Gasteiger partial charge in [-0.15, -0.1) is 5.10 Å². The van der Waals surface area contributed by atoms with Crippen LogP contribution in [0.3, 0.4) is 0 Å². The van der Waals surface area contributed by atoms with Crippen molar-refractivity contribution in [3.8, 4) is 0 Å². The van der Waals surface area contributed by atoms with E-state index in [4.69, 9.17) is 4.74 Å². The van der Waals surface area contributed by atoms with Crippen LogP contribution in [0.25, 0.3) is 10.9 Å². The van der Waals surface area contributed by atoms with Crippen LogP contribution in [0.5, 0.6) is 0 Å². The van der Waals surface area contributed by atoms with E-state index in [1.165, 1.54) is 11.1 Å². The highest BCUT2D eigenvalue weighted by atomic mass is 16.5. The number of fused-ring (bicyclic) bond motifs is 1. The van der Waals surface area contributed by atoms with Crippen LogP contribution in [0.15, 0.2) is 23.0 Å². The van der Waals surface area contributed by atoms with Gasteiger partial charge in [0.25, 0.3) is 5.56 Å². The van der Waals surface area contributed by atoms with Gasteiger partial charge in [0.05, 0.1) is 17.7 Å². The van der Waals surface area contributed by atoms with Crippen molar-refractivity contribution in [1.82, 2.24) is 30.1 Å². The maximum Gasteiger partial charge on any atom is 0.252 e. The van der Waals surface area contributed by atoms with Crippen LogP contribution >= 0.6 is 0 Å². The fourth-order valence-electron chi connectivity index (χ4n) is 4.94. The normalized spacial score (nSPS) is 17.5. The number of benzene rings is 1. The van der Waals surface area contributed by atoms with Crippen molar-refractivity contribution in [2.24, 2.45) is 0 Å². The van der Waals surface area contributed by atoms with Gasteiger partial charge in [-0.1, -0.05) is 20.3 Å². The number of pyridine rings is 1. The quantitative estimate of drug-likeness (QED) is 0.448. The number of nitrogens with zero attached hydrogens (tertiary/aromatic N) is 5. The summed E-state index contributed by atoms with van der Waals surface area (Å²) in [7, 11) is 0. The third kappa shape index (κ3) is 5.48. The lowest BCUT2D eigenvalue weighted by atomic mass is 10.00. The largest absolute Gasteiger partial charge is 0.377 e. The predicted molar refractivity (Wildman–Crippen MR) is 139 cm³/mol. The van der Waals surface area contributed by atoms with Gasteiger partial charge in [-0.3, -0.25) is 9.69 Å². The molecule has 1 fully saturated rings. The van der Waals surface area contributed by atoms with Crippen molar-refractivity contribution in [1.29, 1.82) is 0 Å². The average molecular weight is 481 g/mol. The number of nitrogens with one attached hydrogen (secondary N) is 1. The molecule has 1 aliphatic heterocycles. The maximum absolute atomic E-state index is 13.2. The fraction of sp³-hybridized carbons (Fsp3) is 0.630. The number of rotatable bonds is 10. The first-order valence-corrected chi connectivity index (χ1v) is 13.0. The number of hydrogen-bond acceptors (Lipinski definition) is 6. The molecule has 2 aromatic heterocycles. The topological polar surface area (TPSA) is 88.9 Å². The number of aryl methyl sites for hydroxylation is 2. The molecular formula is C27H40N6O2. The molecular weight excluding hydrogens is 440 g/mol. The summed E-state index contributed by atoms with van der Waals surface area (Å²) in [6.07, 6.45) is 5.07. The maximum atomic E-state index is 13.2. The highest BCUT2D eigenvalue weighted by Crippen LogP contribution is 2.31. The summed E-state index contributed by atoms with van der Waals surface area (Å²) in [4.78, 5) is 18.7. The molecule has 1 aliphatic rings.